The molecule has 1 fully saturated rings. The Labute approximate surface area is 179 Å². The Kier molecular flexibility index (Phi) is 6.62. The van der Waals surface area contributed by atoms with Crippen LogP contribution in [0.1, 0.15) is 15.9 Å². The van der Waals surface area contributed by atoms with E-state index in [9.17, 15) is 13.2 Å². The zero-order valence-corrected chi connectivity index (χ0v) is 19.0. The smallest absolute Gasteiger partial charge is 0.257 e. The number of aryl methyl sites for hydroxylation is 1. The quantitative estimate of drug-likeness (QED) is 0.709. The summed E-state index contributed by atoms with van der Waals surface area (Å²) in [6.07, 6.45) is 0. The Bertz CT molecular complexity index is 1020. The molecule has 29 heavy (non-hydrogen) atoms. The number of nitrogens with one attached hydrogen (secondary N) is 1. The van der Waals surface area contributed by atoms with Crippen molar-refractivity contribution in [1.82, 2.24) is 4.31 Å². The van der Waals surface area contributed by atoms with E-state index < -0.39 is 10.0 Å². The second kappa shape index (κ2) is 8.83. The summed E-state index contributed by atoms with van der Waals surface area (Å²) in [4.78, 5) is 15.3. The third-order valence-electron chi connectivity index (χ3n) is 4.72. The van der Waals surface area contributed by atoms with Crippen molar-refractivity contribution in [3.05, 3.63) is 52.0 Å². The number of benzene rings is 2. The maximum Gasteiger partial charge on any atom is 0.257 e. The van der Waals surface area contributed by atoms with Gasteiger partial charge in [0.25, 0.3) is 5.91 Å². The summed E-state index contributed by atoms with van der Waals surface area (Å²) < 4.78 is 32.5. The van der Waals surface area contributed by atoms with Gasteiger partial charge in [0.15, 0.2) is 0 Å². The molecule has 0 unspecified atom stereocenters. The fraction of sp³-hybridized carbons (Fsp3) is 0.350. The van der Waals surface area contributed by atoms with Crippen LogP contribution in [0.4, 0.5) is 11.4 Å². The summed E-state index contributed by atoms with van der Waals surface area (Å²) in [6, 6.07) is 10.3. The average molecular weight is 482 g/mol. The van der Waals surface area contributed by atoms with Gasteiger partial charge in [-0.15, -0.1) is 0 Å². The first kappa shape index (κ1) is 21.8. The lowest BCUT2D eigenvalue weighted by Gasteiger charge is -2.30. The molecular formula is C20H24BrN3O4S. The highest BCUT2D eigenvalue weighted by Gasteiger charge is 2.24. The molecular weight excluding hydrogens is 458 g/mol. The molecule has 2 aromatic rings. The van der Waals surface area contributed by atoms with E-state index >= 15 is 0 Å². The molecule has 9 heteroatoms. The third kappa shape index (κ3) is 4.80. The summed E-state index contributed by atoms with van der Waals surface area (Å²) in [7, 11) is -0.733. The van der Waals surface area contributed by atoms with Crippen molar-refractivity contribution >= 4 is 43.2 Å². The van der Waals surface area contributed by atoms with Gasteiger partial charge in [0.05, 0.1) is 29.4 Å². The molecule has 156 valence electrons. The number of ether oxygens (including phenoxy) is 1. The Morgan fingerprint density at radius 3 is 2.45 bits per heavy atom. The van der Waals surface area contributed by atoms with E-state index in [0.717, 1.165) is 14.3 Å². The molecule has 1 amide bonds. The number of carbonyl (C=O) groups excluding carboxylic acids is 1. The lowest BCUT2D eigenvalue weighted by Crippen LogP contribution is -2.37. The van der Waals surface area contributed by atoms with Gasteiger partial charge in [-0.3, -0.25) is 4.79 Å². The van der Waals surface area contributed by atoms with Crippen molar-refractivity contribution in [3.8, 4) is 0 Å². The van der Waals surface area contributed by atoms with E-state index in [1.807, 2.05) is 30.0 Å². The standard InChI is InChI=1S/C20H24BrN3O4S/c1-14-4-6-18(17(21)12-14)22-20(25)16-13-15(29(26,27)23(2)3)5-7-19(16)24-8-10-28-11-9-24/h4-7,12-13H,8-11H2,1-3H3,(H,22,25). The molecule has 1 heterocycles. The van der Waals surface area contributed by atoms with E-state index in [4.69, 9.17) is 4.74 Å². The van der Waals surface area contributed by atoms with Gasteiger partial charge in [0, 0.05) is 37.3 Å². The molecule has 1 saturated heterocycles. The molecule has 0 aromatic heterocycles. The average Bonchev–Trinajstić information content (AvgIpc) is 2.70. The molecule has 0 radical (unpaired) electrons. The van der Waals surface area contributed by atoms with E-state index in [1.54, 1.807) is 12.1 Å². The van der Waals surface area contributed by atoms with Gasteiger partial charge >= 0.3 is 0 Å². The van der Waals surface area contributed by atoms with Crippen LogP contribution in [-0.2, 0) is 14.8 Å². The Balaban J connectivity index is 2.03. The van der Waals surface area contributed by atoms with Crippen molar-refractivity contribution in [2.24, 2.45) is 0 Å². The molecule has 1 aliphatic heterocycles. The maximum absolute atomic E-state index is 13.2. The molecule has 0 bridgehead atoms. The highest BCUT2D eigenvalue weighted by molar-refractivity contribution is 9.10. The van der Waals surface area contributed by atoms with Crippen molar-refractivity contribution in [1.29, 1.82) is 0 Å². The molecule has 0 saturated carbocycles. The fourth-order valence-electron chi connectivity index (χ4n) is 3.06. The maximum atomic E-state index is 13.2. The van der Waals surface area contributed by atoms with Crippen LogP contribution in [0.15, 0.2) is 45.8 Å². The number of halogens is 1. The monoisotopic (exact) mass is 481 g/mol. The van der Waals surface area contributed by atoms with Gasteiger partial charge in [-0.25, -0.2) is 12.7 Å². The van der Waals surface area contributed by atoms with Crippen molar-refractivity contribution in [3.63, 3.8) is 0 Å². The Hall–Kier alpha value is -1.94. The highest BCUT2D eigenvalue weighted by Crippen LogP contribution is 2.29. The van der Waals surface area contributed by atoms with Gasteiger partial charge in [0.1, 0.15) is 0 Å². The first-order valence-corrected chi connectivity index (χ1v) is 11.4. The fourth-order valence-corrected chi connectivity index (χ4v) is 4.58. The number of morpholine rings is 1. The molecule has 1 aliphatic rings. The number of amides is 1. The summed E-state index contributed by atoms with van der Waals surface area (Å²) in [5.41, 5.74) is 2.67. The van der Waals surface area contributed by atoms with Gasteiger partial charge in [-0.2, -0.15) is 0 Å². The number of anilines is 2. The van der Waals surface area contributed by atoms with Crippen LogP contribution in [0.3, 0.4) is 0 Å². The minimum absolute atomic E-state index is 0.0765. The van der Waals surface area contributed by atoms with Crippen LogP contribution in [0.2, 0.25) is 0 Å². The molecule has 1 N–H and O–H groups in total. The number of hydrogen-bond donors (Lipinski definition) is 1. The van der Waals surface area contributed by atoms with Gasteiger partial charge < -0.3 is 15.0 Å². The van der Waals surface area contributed by atoms with Crippen LogP contribution < -0.4 is 10.2 Å². The second-order valence-electron chi connectivity index (χ2n) is 7.00. The van der Waals surface area contributed by atoms with Crippen molar-refractivity contribution in [2.75, 3.05) is 50.6 Å². The van der Waals surface area contributed by atoms with Crippen LogP contribution >= 0.6 is 15.9 Å². The van der Waals surface area contributed by atoms with Crippen LogP contribution in [0, 0.1) is 6.92 Å². The van der Waals surface area contributed by atoms with Crippen molar-refractivity contribution < 1.29 is 17.9 Å². The van der Waals surface area contributed by atoms with E-state index in [1.165, 1.54) is 20.2 Å². The summed E-state index contributed by atoms with van der Waals surface area (Å²) in [6.45, 7) is 4.34. The third-order valence-corrected chi connectivity index (χ3v) is 7.18. The second-order valence-corrected chi connectivity index (χ2v) is 10.0. The van der Waals surface area contributed by atoms with Gasteiger partial charge in [0.2, 0.25) is 10.0 Å². The summed E-state index contributed by atoms with van der Waals surface area (Å²) >= 11 is 3.46. The number of nitrogens with zero attached hydrogens (tertiary/aromatic N) is 2. The Morgan fingerprint density at radius 2 is 1.83 bits per heavy atom. The molecule has 0 aliphatic carbocycles. The largest absolute Gasteiger partial charge is 0.378 e. The topological polar surface area (TPSA) is 79.0 Å². The minimum atomic E-state index is -3.67. The van der Waals surface area contributed by atoms with Crippen molar-refractivity contribution in [2.45, 2.75) is 11.8 Å². The summed E-state index contributed by atoms with van der Waals surface area (Å²) in [5, 5.41) is 2.89. The minimum Gasteiger partial charge on any atom is -0.378 e. The molecule has 7 nitrogen and oxygen atoms in total. The van der Waals surface area contributed by atoms with E-state index in [-0.39, 0.29) is 10.8 Å². The predicted molar refractivity (Wildman–Crippen MR) is 117 cm³/mol. The molecule has 0 atom stereocenters. The van der Waals surface area contributed by atoms with Crippen LogP contribution in [0.25, 0.3) is 0 Å². The van der Waals surface area contributed by atoms with Gasteiger partial charge in [-0.05, 0) is 58.7 Å². The number of sulfonamides is 1. The SMILES string of the molecule is Cc1ccc(NC(=O)c2cc(S(=O)(=O)N(C)C)ccc2N2CCOCC2)c(Br)c1. The van der Waals surface area contributed by atoms with Crippen LogP contribution in [0.5, 0.6) is 0 Å². The van der Waals surface area contributed by atoms with Gasteiger partial charge in [-0.1, -0.05) is 6.07 Å². The zero-order valence-electron chi connectivity index (χ0n) is 16.6. The molecule has 0 spiro atoms. The molecule has 3 rings (SSSR count). The Morgan fingerprint density at radius 1 is 1.14 bits per heavy atom. The predicted octanol–water partition coefficient (Wildman–Crippen LogP) is 3.10. The highest BCUT2D eigenvalue weighted by atomic mass is 79.9. The van der Waals surface area contributed by atoms with E-state index in [2.05, 4.69) is 21.2 Å². The normalized spacial score (nSPS) is 14.9. The van der Waals surface area contributed by atoms with E-state index in [0.29, 0.717) is 43.2 Å². The molecule has 2 aromatic carbocycles. The lowest BCUT2D eigenvalue weighted by molar-refractivity contribution is 0.102. The first-order valence-electron chi connectivity index (χ1n) is 9.17. The van der Waals surface area contributed by atoms with Crippen LogP contribution in [-0.4, -0.2) is 59.0 Å². The number of carbonyl (C=O) groups is 1. The summed E-state index contributed by atoms with van der Waals surface area (Å²) in [5.74, 6) is -0.369. The zero-order chi connectivity index (χ0) is 21.2. The number of hydrogen-bond acceptors (Lipinski definition) is 5. The lowest BCUT2D eigenvalue weighted by atomic mass is 10.1. The first-order chi connectivity index (χ1) is 13.7. The number of rotatable bonds is 5.